The Hall–Kier alpha value is -1.30. The SMILES string of the molecule is COC(=O)CC(ONC(=O)OC(C)(C)C)C1CCCC1. The van der Waals surface area contributed by atoms with E-state index in [-0.39, 0.29) is 24.4 Å². The zero-order chi connectivity index (χ0) is 15.2. The van der Waals surface area contributed by atoms with Crippen LogP contribution in [0.25, 0.3) is 0 Å². The molecule has 1 amide bonds. The number of esters is 1. The van der Waals surface area contributed by atoms with E-state index in [4.69, 9.17) is 9.57 Å². The molecule has 6 heteroatoms. The summed E-state index contributed by atoms with van der Waals surface area (Å²) in [6.07, 6.45) is 3.37. The quantitative estimate of drug-likeness (QED) is 0.621. The van der Waals surface area contributed by atoms with E-state index >= 15 is 0 Å². The fraction of sp³-hybridized carbons (Fsp3) is 0.857. The van der Waals surface area contributed by atoms with Gasteiger partial charge in [0.1, 0.15) is 5.60 Å². The molecule has 0 aromatic carbocycles. The van der Waals surface area contributed by atoms with Crippen molar-refractivity contribution in [2.45, 2.75) is 64.6 Å². The first kappa shape index (κ1) is 16.8. The van der Waals surface area contributed by atoms with Gasteiger partial charge in [0, 0.05) is 0 Å². The predicted molar refractivity (Wildman–Crippen MR) is 72.8 cm³/mol. The molecule has 0 radical (unpaired) electrons. The van der Waals surface area contributed by atoms with E-state index in [1.54, 1.807) is 20.8 Å². The summed E-state index contributed by atoms with van der Waals surface area (Å²) in [5, 5.41) is 0. The highest BCUT2D eigenvalue weighted by molar-refractivity contribution is 5.70. The molecule has 1 unspecified atom stereocenters. The van der Waals surface area contributed by atoms with Crippen LogP contribution >= 0.6 is 0 Å². The van der Waals surface area contributed by atoms with Crippen molar-refractivity contribution in [2.75, 3.05) is 7.11 Å². The maximum Gasteiger partial charge on any atom is 0.431 e. The average Bonchev–Trinajstić information content (AvgIpc) is 2.85. The molecule has 0 aromatic heterocycles. The minimum Gasteiger partial charge on any atom is -0.469 e. The Bertz CT molecular complexity index is 331. The third kappa shape index (κ3) is 6.23. The van der Waals surface area contributed by atoms with Crippen molar-refractivity contribution < 1.29 is 23.9 Å². The van der Waals surface area contributed by atoms with Gasteiger partial charge in [-0.15, -0.1) is 0 Å². The fourth-order valence-corrected chi connectivity index (χ4v) is 2.30. The van der Waals surface area contributed by atoms with Crippen molar-refractivity contribution >= 4 is 12.1 Å². The molecule has 116 valence electrons. The normalized spacial score (nSPS) is 17.6. The molecule has 1 aliphatic carbocycles. The second-order valence-corrected chi connectivity index (χ2v) is 6.09. The van der Waals surface area contributed by atoms with Crippen molar-refractivity contribution in [2.24, 2.45) is 5.92 Å². The zero-order valence-electron chi connectivity index (χ0n) is 12.7. The van der Waals surface area contributed by atoms with Crippen LogP contribution in [0.2, 0.25) is 0 Å². The number of nitrogens with one attached hydrogen (secondary N) is 1. The smallest absolute Gasteiger partial charge is 0.431 e. The van der Waals surface area contributed by atoms with Crippen LogP contribution in [0.5, 0.6) is 0 Å². The number of methoxy groups -OCH3 is 1. The van der Waals surface area contributed by atoms with Gasteiger partial charge >= 0.3 is 12.1 Å². The van der Waals surface area contributed by atoms with Crippen LogP contribution in [0.15, 0.2) is 0 Å². The molecule has 0 spiro atoms. The second-order valence-electron chi connectivity index (χ2n) is 6.09. The van der Waals surface area contributed by atoms with Gasteiger partial charge in [0.15, 0.2) is 0 Å². The summed E-state index contributed by atoms with van der Waals surface area (Å²) in [5.74, 6) is -0.0723. The van der Waals surface area contributed by atoms with E-state index in [9.17, 15) is 9.59 Å². The van der Waals surface area contributed by atoms with E-state index in [2.05, 4.69) is 10.2 Å². The van der Waals surface area contributed by atoms with Crippen LogP contribution < -0.4 is 5.48 Å². The van der Waals surface area contributed by atoms with E-state index in [0.29, 0.717) is 0 Å². The molecule has 6 nitrogen and oxygen atoms in total. The van der Waals surface area contributed by atoms with Crippen molar-refractivity contribution in [3.05, 3.63) is 0 Å². The van der Waals surface area contributed by atoms with Crippen molar-refractivity contribution in [3.8, 4) is 0 Å². The van der Waals surface area contributed by atoms with Crippen molar-refractivity contribution in [3.63, 3.8) is 0 Å². The first-order chi connectivity index (χ1) is 9.31. The molecular weight excluding hydrogens is 262 g/mol. The molecular formula is C14H25NO5. The van der Waals surface area contributed by atoms with Crippen molar-refractivity contribution in [1.82, 2.24) is 5.48 Å². The minimum atomic E-state index is -0.648. The lowest BCUT2D eigenvalue weighted by Gasteiger charge is -2.24. The number of carbonyl (C=O) groups excluding carboxylic acids is 2. The first-order valence-electron chi connectivity index (χ1n) is 7.03. The van der Waals surface area contributed by atoms with Gasteiger partial charge in [-0.2, -0.15) is 5.48 Å². The van der Waals surface area contributed by atoms with Crippen LogP contribution in [-0.4, -0.2) is 30.9 Å². The molecule has 1 aliphatic rings. The number of amides is 1. The Labute approximate surface area is 120 Å². The Kier molecular flexibility index (Phi) is 6.26. The van der Waals surface area contributed by atoms with Crippen molar-refractivity contribution in [1.29, 1.82) is 0 Å². The molecule has 0 aliphatic heterocycles. The highest BCUT2D eigenvalue weighted by Crippen LogP contribution is 2.30. The molecule has 0 heterocycles. The number of hydrogen-bond donors (Lipinski definition) is 1. The van der Waals surface area contributed by atoms with Gasteiger partial charge in [0.2, 0.25) is 0 Å². The largest absolute Gasteiger partial charge is 0.469 e. The number of hydrogen-bond acceptors (Lipinski definition) is 5. The molecule has 1 N–H and O–H groups in total. The van der Waals surface area contributed by atoms with Gasteiger partial charge in [0.25, 0.3) is 0 Å². The number of carbonyl (C=O) groups is 2. The Morgan fingerprint density at radius 3 is 2.35 bits per heavy atom. The standard InChI is InChI=1S/C14H25NO5/c1-14(2,3)19-13(17)15-20-11(9-12(16)18-4)10-7-5-6-8-10/h10-11H,5-9H2,1-4H3,(H,15,17). The van der Waals surface area contributed by atoms with Gasteiger partial charge < -0.3 is 9.47 Å². The molecule has 1 atom stereocenters. The molecule has 1 rings (SSSR count). The summed E-state index contributed by atoms with van der Waals surface area (Å²) in [7, 11) is 1.34. The molecule has 1 fully saturated rings. The van der Waals surface area contributed by atoms with Crippen LogP contribution in [-0.2, 0) is 19.1 Å². The monoisotopic (exact) mass is 287 g/mol. The van der Waals surface area contributed by atoms with Gasteiger partial charge in [-0.05, 0) is 39.5 Å². The Morgan fingerprint density at radius 1 is 1.25 bits per heavy atom. The lowest BCUT2D eigenvalue weighted by atomic mass is 9.98. The second kappa shape index (κ2) is 7.47. The molecule has 0 aromatic rings. The third-order valence-corrected chi connectivity index (χ3v) is 3.21. The minimum absolute atomic E-state index is 0.136. The maximum atomic E-state index is 11.6. The van der Waals surface area contributed by atoms with Crippen LogP contribution in [0.4, 0.5) is 4.79 Å². The van der Waals surface area contributed by atoms with E-state index in [0.717, 1.165) is 25.7 Å². The van der Waals surface area contributed by atoms with Gasteiger partial charge in [0.05, 0.1) is 19.6 Å². The number of ether oxygens (including phenoxy) is 2. The molecule has 1 saturated carbocycles. The van der Waals surface area contributed by atoms with Crippen LogP contribution in [0.3, 0.4) is 0 Å². The number of rotatable bonds is 5. The molecule has 0 saturated heterocycles. The third-order valence-electron chi connectivity index (χ3n) is 3.21. The van der Waals surface area contributed by atoms with E-state index in [1.165, 1.54) is 7.11 Å². The summed E-state index contributed by atoms with van der Waals surface area (Å²) >= 11 is 0. The summed E-state index contributed by atoms with van der Waals surface area (Å²) in [5.41, 5.74) is 1.69. The summed E-state index contributed by atoms with van der Waals surface area (Å²) in [4.78, 5) is 28.3. The predicted octanol–water partition coefficient (Wildman–Crippen LogP) is 2.56. The maximum absolute atomic E-state index is 11.6. The van der Waals surface area contributed by atoms with Gasteiger partial charge in [-0.3, -0.25) is 9.63 Å². The topological polar surface area (TPSA) is 73.9 Å². The Morgan fingerprint density at radius 2 is 1.85 bits per heavy atom. The zero-order valence-corrected chi connectivity index (χ0v) is 12.7. The lowest BCUT2D eigenvalue weighted by Crippen LogP contribution is -2.38. The van der Waals surface area contributed by atoms with E-state index < -0.39 is 11.7 Å². The van der Waals surface area contributed by atoms with E-state index in [1.807, 2.05) is 0 Å². The Balaban J connectivity index is 2.47. The van der Waals surface area contributed by atoms with Gasteiger partial charge in [-0.25, -0.2) is 4.79 Å². The van der Waals surface area contributed by atoms with Crippen LogP contribution in [0, 0.1) is 5.92 Å². The number of hydroxylamine groups is 1. The summed E-state index contributed by atoms with van der Waals surface area (Å²) < 4.78 is 9.76. The highest BCUT2D eigenvalue weighted by Gasteiger charge is 2.29. The lowest BCUT2D eigenvalue weighted by molar-refractivity contribution is -0.147. The average molecular weight is 287 g/mol. The van der Waals surface area contributed by atoms with Crippen LogP contribution in [0.1, 0.15) is 52.9 Å². The summed E-state index contributed by atoms with van der Waals surface area (Å²) in [6.45, 7) is 5.32. The van der Waals surface area contributed by atoms with Gasteiger partial charge in [-0.1, -0.05) is 12.8 Å². The highest BCUT2D eigenvalue weighted by atomic mass is 16.7. The molecule has 20 heavy (non-hydrogen) atoms. The fourth-order valence-electron chi connectivity index (χ4n) is 2.30. The molecule has 0 bridgehead atoms. The summed E-state index contributed by atoms with van der Waals surface area (Å²) in [6, 6.07) is 0. The first-order valence-corrected chi connectivity index (χ1v) is 7.03.